The monoisotopic (exact) mass is 526 g/mol. The van der Waals surface area contributed by atoms with Crippen LogP contribution in [0.4, 0.5) is 0 Å². The van der Waals surface area contributed by atoms with E-state index < -0.39 is 23.9 Å². The van der Waals surface area contributed by atoms with E-state index in [0.717, 1.165) is 16.8 Å². The van der Waals surface area contributed by atoms with Crippen LogP contribution in [0.3, 0.4) is 0 Å². The van der Waals surface area contributed by atoms with Gasteiger partial charge < -0.3 is 25.0 Å². The number of nitrogens with one attached hydrogen (secondary N) is 2. The number of hydrogen-bond acceptors (Lipinski definition) is 7. The second-order valence-corrected chi connectivity index (χ2v) is 9.28. The maximum absolute atomic E-state index is 12.6. The third-order valence-electron chi connectivity index (χ3n) is 5.67. The summed E-state index contributed by atoms with van der Waals surface area (Å²) < 4.78 is 6.57. The molecule has 196 valence electrons. The Morgan fingerprint density at radius 1 is 1.11 bits per heavy atom. The molecule has 3 aromatic rings. The van der Waals surface area contributed by atoms with Gasteiger partial charge in [-0.1, -0.05) is 30.3 Å². The van der Waals surface area contributed by atoms with Gasteiger partial charge in [0.05, 0.1) is 30.6 Å². The van der Waals surface area contributed by atoms with Crippen LogP contribution in [0.5, 0.6) is 0 Å². The van der Waals surface area contributed by atoms with Gasteiger partial charge in [0.15, 0.2) is 0 Å². The summed E-state index contributed by atoms with van der Waals surface area (Å²) in [5.74, 6) is -1.03. The fourth-order valence-corrected chi connectivity index (χ4v) is 4.27. The number of methoxy groups -OCH3 is 1. The van der Waals surface area contributed by atoms with Gasteiger partial charge in [0.25, 0.3) is 5.91 Å². The van der Waals surface area contributed by atoms with Crippen LogP contribution >= 0.6 is 11.8 Å². The molecule has 0 saturated carbocycles. The molecule has 3 N–H and O–H groups in total. The molecule has 0 spiro atoms. The first-order valence-corrected chi connectivity index (χ1v) is 13.1. The van der Waals surface area contributed by atoms with Crippen LogP contribution in [-0.2, 0) is 25.7 Å². The standard InChI is InChI=1S/C26H30N4O6S/c1-36-24(34)15-27-26(35)18-8-9-21-20(14-18)29-25(30(21)16-17-6-4-3-5-7-17)19(12-13-37-2)28-22(31)10-11-23(32)33/h3-9,14,19H,10-13,15-16H2,1-2H3,(H,27,35)(H,28,31)(H,32,33). The lowest BCUT2D eigenvalue weighted by Gasteiger charge is -2.20. The van der Waals surface area contributed by atoms with Gasteiger partial charge in [0, 0.05) is 18.5 Å². The molecule has 0 aliphatic rings. The van der Waals surface area contributed by atoms with E-state index in [1.807, 2.05) is 41.2 Å². The van der Waals surface area contributed by atoms with E-state index in [0.29, 0.717) is 29.9 Å². The van der Waals surface area contributed by atoms with Crippen molar-refractivity contribution < 1.29 is 29.0 Å². The lowest BCUT2D eigenvalue weighted by atomic mass is 10.1. The van der Waals surface area contributed by atoms with E-state index in [-0.39, 0.29) is 25.3 Å². The zero-order valence-corrected chi connectivity index (χ0v) is 21.5. The number of imidazole rings is 1. The first-order valence-electron chi connectivity index (χ1n) is 11.7. The van der Waals surface area contributed by atoms with Crippen molar-refractivity contribution in [2.45, 2.75) is 31.8 Å². The molecule has 1 unspecified atom stereocenters. The number of rotatable bonds is 13. The van der Waals surface area contributed by atoms with Crippen LogP contribution in [0, 0.1) is 0 Å². The SMILES string of the molecule is COC(=O)CNC(=O)c1ccc2c(c1)nc(C(CCSC)NC(=O)CCC(=O)O)n2Cc1ccccc1. The number of nitrogens with zero attached hydrogens (tertiary/aromatic N) is 2. The van der Waals surface area contributed by atoms with Crippen molar-refractivity contribution in [3.05, 3.63) is 65.5 Å². The first kappa shape index (κ1) is 27.7. The molecule has 37 heavy (non-hydrogen) atoms. The Bertz CT molecular complexity index is 1260. The number of ether oxygens (including phenoxy) is 1. The van der Waals surface area contributed by atoms with Crippen LogP contribution < -0.4 is 10.6 Å². The number of hydrogen-bond donors (Lipinski definition) is 3. The second-order valence-electron chi connectivity index (χ2n) is 8.30. The summed E-state index contributed by atoms with van der Waals surface area (Å²) in [4.78, 5) is 52.3. The molecule has 0 aliphatic carbocycles. The van der Waals surface area contributed by atoms with Crippen molar-refractivity contribution in [1.82, 2.24) is 20.2 Å². The van der Waals surface area contributed by atoms with E-state index in [4.69, 9.17) is 10.1 Å². The molecule has 0 radical (unpaired) electrons. The van der Waals surface area contributed by atoms with Crippen LogP contribution in [0.2, 0.25) is 0 Å². The fraction of sp³-hybridized carbons (Fsp3) is 0.346. The highest BCUT2D eigenvalue weighted by Gasteiger charge is 2.23. The molecule has 1 heterocycles. The van der Waals surface area contributed by atoms with Crippen LogP contribution in [0.1, 0.15) is 47.1 Å². The number of carbonyl (C=O) groups is 4. The zero-order valence-electron chi connectivity index (χ0n) is 20.7. The van der Waals surface area contributed by atoms with Crippen molar-refractivity contribution in [2.24, 2.45) is 0 Å². The van der Waals surface area contributed by atoms with Crippen LogP contribution in [0.25, 0.3) is 11.0 Å². The molecule has 0 aliphatic heterocycles. The molecule has 10 nitrogen and oxygen atoms in total. The molecular weight excluding hydrogens is 496 g/mol. The normalized spacial score (nSPS) is 11.6. The lowest BCUT2D eigenvalue weighted by molar-refractivity contribution is -0.139. The van der Waals surface area contributed by atoms with Crippen molar-refractivity contribution >= 4 is 46.5 Å². The number of aromatic nitrogens is 2. The van der Waals surface area contributed by atoms with E-state index in [1.54, 1.807) is 30.0 Å². The molecule has 1 aromatic heterocycles. The summed E-state index contributed by atoms with van der Waals surface area (Å²) in [5, 5.41) is 14.4. The highest BCUT2D eigenvalue weighted by atomic mass is 32.2. The molecular formula is C26H30N4O6S. The predicted molar refractivity (Wildman–Crippen MR) is 140 cm³/mol. The Morgan fingerprint density at radius 2 is 1.86 bits per heavy atom. The minimum absolute atomic E-state index is 0.130. The average molecular weight is 527 g/mol. The highest BCUT2D eigenvalue weighted by Crippen LogP contribution is 2.26. The maximum atomic E-state index is 12.6. The number of aliphatic carboxylic acids is 1. The van der Waals surface area contributed by atoms with Gasteiger partial charge in [-0.05, 0) is 42.2 Å². The van der Waals surface area contributed by atoms with Gasteiger partial charge in [0.1, 0.15) is 12.4 Å². The van der Waals surface area contributed by atoms with Gasteiger partial charge in [-0.15, -0.1) is 0 Å². The summed E-state index contributed by atoms with van der Waals surface area (Å²) in [5.41, 5.74) is 2.70. The van der Waals surface area contributed by atoms with Crippen LogP contribution in [0.15, 0.2) is 48.5 Å². The van der Waals surface area contributed by atoms with Gasteiger partial charge in [-0.2, -0.15) is 11.8 Å². The zero-order chi connectivity index (χ0) is 26.8. The van der Waals surface area contributed by atoms with E-state index >= 15 is 0 Å². The number of esters is 1. The predicted octanol–water partition coefficient (Wildman–Crippen LogP) is 2.76. The summed E-state index contributed by atoms with van der Waals surface area (Å²) in [7, 11) is 1.25. The summed E-state index contributed by atoms with van der Waals surface area (Å²) in [6.45, 7) is 0.238. The Morgan fingerprint density at radius 3 is 2.54 bits per heavy atom. The van der Waals surface area contributed by atoms with Crippen molar-refractivity contribution in [1.29, 1.82) is 0 Å². The number of thioether (sulfide) groups is 1. The quantitative estimate of drug-likeness (QED) is 0.289. The number of carbonyl (C=O) groups excluding carboxylic acids is 3. The third-order valence-corrected chi connectivity index (χ3v) is 6.31. The molecule has 3 rings (SSSR count). The number of benzene rings is 2. The Hall–Kier alpha value is -3.86. The molecule has 2 amide bonds. The second kappa shape index (κ2) is 13.4. The van der Waals surface area contributed by atoms with Crippen molar-refractivity contribution in [3.8, 4) is 0 Å². The van der Waals surface area contributed by atoms with Gasteiger partial charge in [-0.3, -0.25) is 19.2 Å². The lowest BCUT2D eigenvalue weighted by Crippen LogP contribution is -2.31. The molecule has 0 bridgehead atoms. The Balaban J connectivity index is 2.00. The maximum Gasteiger partial charge on any atom is 0.325 e. The average Bonchev–Trinajstić information content (AvgIpc) is 3.26. The van der Waals surface area contributed by atoms with Crippen molar-refractivity contribution in [3.63, 3.8) is 0 Å². The first-order chi connectivity index (χ1) is 17.8. The highest BCUT2D eigenvalue weighted by molar-refractivity contribution is 7.98. The molecule has 0 saturated heterocycles. The summed E-state index contributed by atoms with van der Waals surface area (Å²) in [6.07, 6.45) is 2.17. The molecule has 11 heteroatoms. The number of carboxylic acids is 1. The number of carboxylic acid groups (broad SMARTS) is 1. The van der Waals surface area contributed by atoms with E-state index in [2.05, 4.69) is 15.4 Å². The largest absolute Gasteiger partial charge is 0.481 e. The smallest absolute Gasteiger partial charge is 0.325 e. The van der Waals surface area contributed by atoms with Gasteiger partial charge in [0.2, 0.25) is 5.91 Å². The number of amides is 2. The molecule has 1 atom stereocenters. The fourth-order valence-electron chi connectivity index (χ4n) is 3.80. The minimum Gasteiger partial charge on any atom is -0.481 e. The topological polar surface area (TPSA) is 140 Å². The van der Waals surface area contributed by atoms with Crippen LogP contribution in [-0.4, -0.2) is 64.1 Å². The van der Waals surface area contributed by atoms with Gasteiger partial charge in [-0.25, -0.2) is 4.98 Å². The summed E-state index contributed by atoms with van der Waals surface area (Å²) in [6, 6.07) is 14.4. The number of fused-ring (bicyclic) bond motifs is 1. The molecule has 0 fully saturated rings. The summed E-state index contributed by atoms with van der Waals surface area (Å²) >= 11 is 1.63. The minimum atomic E-state index is -1.04. The molecule has 2 aromatic carbocycles. The van der Waals surface area contributed by atoms with Gasteiger partial charge >= 0.3 is 11.9 Å². The van der Waals surface area contributed by atoms with Crippen molar-refractivity contribution in [2.75, 3.05) is 25.7 Å². The Kier molecular flexibility index (Phi) is 10.1. The van der Waals surface area contributed by atoms with E-state index in [9.17, 15) is 19.2 Å². The third kappa shape index (κ3) is 7.81. The van der Waals surface area contributed by atoms with E-state index in [1.165, 1.54) is 7.11 Å². The Labute approximate surface area is 218 Å².